The summed E-state index contributed by atoms with van der Waals surface area (Å²) in [6.07, 6.45) is 1.72. The van der Waals surface area contributed by atoms with Gasteiger partial charge in [-0.3, -0.25) is 19.3 Å². The molecule has 2 saturated heterocycles. The molecule has 4 rings (SSSR count). The van der Waals surface area contributed by atoms with E-state index in [-0.39, 0.29) is 29.5 Å². The number of anilines is 2. The fraction of sp³-hybridized carbons (Fsp3) is 0.519. The quantitative estimate of drug-likeness (QED) is 0.451. The van der Waals surface area contributed by atoms with Crippen LogP contribution >= 0.6 is 22.7 Å². The SMILES string of the molecule is CCOC(=O)c1ccsc1NC(=O)[C@@H]1CCCN1C(=O)c1ccsc1NC(=O)[C@@H]1CCCN1C(=O)OC(C)(C)C. The predicted octanol–water partition coefficient (Wildman–Crippen LogP) is 4.57. The third kappa shape index (κ3) is 6.64. The van der Waals surface area contributed by atoms with Gasteiger partial charge in [-0.15, -0.1) is 22.7 Å². The molecular weight excluding hydrogens is 556 g/mol. The molecule has 4 heterocycles. The number of nitrogens with zero attached hydrogens (tertiary/aromatic N) is 2. The first-order valence-electron chi connectivity index (χ1n) is 13.2. The summed E-state index contributed by atoms with van der Waals surface area (Å²) in [5.41, 5.74) is -0.134. The summed E-state index contributed by atoms with van der Waals surface area (Å²) in [6.45, 7) is 8.02. The standard InChI is InChI=1S/C27H34N4O7S2/c1-5-37-25(35)17-11-15-40-23(17)29-20(32)18-8-6-12-30(18)24(34)16-10-14-39-22(16)28-21(33)19-9-7-13-31(19)26(36)38-27(2,3)4/h10-11,14-15,18-19H,5-9,12-13H2,1-4H3,(H,28,33)(H,29,32)/t18-,19-/m0/s1. The Bertz CT molecular complexity index is 1280. The van der Waals surface area contributed by atoms with E-state index < -0.39 is 35.7 Å². The highest BCUT2D eigenvalue weighted by Crippen LogP contribution is 2.31. The number of likely N-dealkylation sites (tertiary alicyclic amines) is 2. The van der Waals surface area contributed by atoms with Crippen LogP contribution in [0.5, 0.6) is 0 Å². The lowest BCUT2D eigenvalue weighted by molar-refractivity contribution is -0.120. The van der Waals surface area contributed by atoms with E-state index in [1.807, 2.05) is 0 Å². The lowest BCUT2D eigenvalue weighted by Crippen LogP contribution is -2.45. The maximum absolute atomic E-state index is 13.6. The molecule has 2 aromatic heterocycles. The summed E-state index contributed by atoms with van der Waals surface area (Å²) >= 11 is 2.41. The first-order valence-corrected chi connectivity index (χ1v) is 15.0. The van der Waals surface area contributed by atoms with Crippen molar-refractivity contribution >= 4 is 62.5 Å². The van der Waals surface area contributed by atoms with Gasteiger partial charge in [0.05, 0.1) is 17.7 Å². The van der Waals surface area contributed by atoms with Gasteiger partial charge < -0.3 is 25.0 Å². The van der Waals surface area contributed by atoms with Gasteiger partial charge in [0.15, 0.2) is 0 Å². The van der Waals surface area contributed by atoms with Gasteiger partial charge in [0.2, 0.25) is 11.8 Å². The van der Waals surface area contributed by atoms with Gasteiger partial charge in [-0.05, 0) is 76.3 Å². The van der Waals surface area contributed by atoms with Crippen LogP contribution in [0.4, 0.5) is 14.8 Å². The zero-order chi connectivity index (χ0) is 29.0. The third-order valence-corrected chi connectivity index (χ3v) is 8.19. The molecule has 0 unspecified atom stereocenters. The molecular formula is C27H34N4O7S2. The van der Waals surface area contributed by atoms with Gasteiger partial charge in [0, 0.05) is 13.1 Å². The van der Waals surface area contributed by atoms with Crippen molar-refractivity contribution in [2.24, 2.45) is 0 Å². The van der Waals surface area contributed by atoms with Crippen LogP contribution in [-0.4, -0.2) is 77.0 Å². The van der Waals surface area contributed by atoms with E-state index in [1.165, 1.54) is 32.5 Å². The number of amides is 4. The summed E-state index contributed by atoms with van der Waals surface area (Å²) < 4.78 is 10.5. The van der Waals surface area contributed by atoms with Crippen LogP contribution in [0.3, 0.4) is 0 Å². The van der Waals surface area contributed by atoms with Gasteiger partial charge >= 0.3 is 12.1 Å². The van der Waals surface area contributed by atoms with Crippen molar-refractivity contribution in [2.75, 3.05) is 30.3 Å². The second-order valence-electron chi connectivity index (χ2n) is 10.5. The number of carbonyl (C=O) groups is 5. The maximum Gasteiger partial charge on any atom is 0.410 e. The number of hydrogen-bond acceptors (Lipinski definition) is 9. The Morgan fingerprint density at radius 2 is 1.40 bits per heavy atom. The molecule has 0 radical (unpaired) electrons. The van der Waals surface area contributed by atoms with Gasteiger partial charge in [-0.2, -0.15) is 0 Å². The lowest BCUT2D eigenvalue weighted by Gasteiger charge is -2.28. The first-order chi connectivity index (χ1) is 19.0. The molecule has 11 nitrogen and oxygen atoms in total. The maximum atomic E-state index is 13.6. The predicted molar refractivity (Wildman–Crippen MR) is 152 cm³/mol. The van der Waals surface area contributed by atoms with Crippen molar-refractivity contribution in [1.29, 1.82) is 0 Å². The van der Waals surface area contributed by atoms with Crippen LogP contribution in [0.25, 0.3) is 0 Å². The second kappa shape index (κ2) is 12.4. The Morgan fingerprint density at radius 3 is 1.98 bits per heavy atom. The topological polar surface area (TPSA) is 134 Å². The molecule has 2 aliphatic heterocycles. The minimum Gasteiger partial charge on any atom is -0.462 e. The molecule has 2 fully saturated rings. The number of rotatable bonds is 7. The summed E-state index contributed by atoms with van der Waals surface area (Å²) in [5.74, 6) is -1.68. The second-order valence-corrected chi connectivity index (χ2v) is 12.3. The van der Waals surface area contributed by atoms with Crippen molar-refractivity contribution in [3.05, 3.63) is 34.0 Å². The molecule has 0 aromatic carbocycles. The summed E-state index contributed by atoms with van der Waals surface area (Å²) in [6, 6.07) is 1.77. The van der Waals surface area contributed by atoms with Gasteiger partial charge in [0.1, 0.15) is 27.7 Å². The van der Waals surface area contributed by atoms with Gasteiger partial charge in [-0.25, -0.2) is 9.59 Å². The minimum absolute atomic E-state index is 0.215. The van der Waals surface area contributed by atoms with Gasteiger partial charge in [0.25, 0.3) is 5.91 Å². The molecule has 216 valence electrons. The smallest absolute Gasteiger partial charge is 0.410 e. The van der Waals surface area contributed by atoms with E-state index in [9.17, 15) is 24.0 Å². The normalized spacial score (nSPS) is 18.9. The van der Waals surface area contributed by atoms with Gasteiger partial charge in [-0.1, -0.05) is 0 Å². The van der Waals surface area contributed by atoms with Crippen molar-refractivity contribution < 1.29 is 33.4 Å². The Labute approximate surface area is 240 Å². The van der Waals surface area contributed by atoms with Crippen molar-refractivity contribution in [1.82, 2.24) is 9.80 Å². The van der Waals surface area contributed by atoms with Crippen molar-refractivity contribution in [3.63, 3.8) is 0 Å². The molecule has 0 aliphatic carbocycles. The summed E-state index contributed by atoms with van der Waals surface area (Å²) in [4.78, 5) is 67.7. The molecule has 2 atom stereocenters. The van der Waals surface area contributed by atoms with Crippen molar-refractivity contribution in [2.45, 2.75) is 71.1 Å². The third-order valence-electron chi connectivity index (χ3n) is 6.53. The highest BCUT2D eigenvalue weighted by atomic mass is 32.1. The number of ether oxygens (including phenoxy) is 2. The Balaban J connectivity index is 1.43. The largest absolute Gasteiger partial charge is 0.462 e. The molecule has 0 spiro atoms. The average molecular weight is 591 g/mol. The van der Waals surface area contributed by atoms with E-state index in [2.05, 4.69) is 10.6 Å². The molecule has 2 aromatic rings. The summed E-state index contributed by atoms with van der Waals surface area (Å²) in [5, 5.41) is 9.74. The van der Waals surface area contributed by atoms with Crippen LogP contribution in [0.2, 0.25) is 0 Å². The molecule has 2 aliphatic rings. The number of esters is 1. The zero-order valence-electron chi connectivity index (χ0n) is 23.0. The number of nitrogens with one attached hydrogen (secondary N) is 2. The molecule has 2 N–H and O–H groups in total. The Morgan fingerprint density at radius 1 is 0.875 bits per heavy atom. The monoisotopic (exact) mass is 590 g/mol. The Hall–Kier alpha value is -3.45. The van der Waals surface area contributed by atoms with E-state index in [0.29, 0.717) is 48.8 Å². The molecule has 40 heavy (non-hydrogen) atoms. The average Bonchev–Trinajstić information content (AvgIpc) is 3.69. The van der Waals surface area contributed by atoms with E-state index in [0.717, 1.165) is 0 Å². The zero-order valence-corrected chi connectivity index (χ0v) is 24.6. The van der Waals surface area contributed by atoms with E-state index in [4.69, 9.17) is 9.47 Å². The van der Waals surface area contributed by atoms with Crippen LogP contribution < -0.4 is 10.6 Å². The lowest BCUT2D eigenvalue weighted by atomic mass is 10.1. The highest BCUT2D eigenvalue weighted by molar-refractivity contribution is 7.15. The fourth-order valence-electron chi connectivity index (χ4n) is 4.76. The highest BCUT2D eigenvalue weighted by Gasteiger charge is 2.39. The number of thiophene rings is 2. The molecule has 0 bridgehead atoms. The van der Waals surface area contributed by atoms with Crippen LogP contribution in [0, 0.1) is 0 Å². The van der Waals surface area contributed by atoms with Crippen LogP contribution in [0.1, 0.15) is 74.1 Å². The summed E-state index contributed by atoms with van der Waals surface area (Å²) in [7, 11) is 0. The molecule has 0 saturated carbocycles. The first kappa shape index (κ1) is 29.5. The van der Waals surface area contributed by atoms with E-state index >= 15 is 0 Å². The molecule has 4 amide bonds. The minimum atomic E-state index is -0.731. The number of hydrogen-bond donors (Lipinski definition) is 2. The van der Waals surface area contributed by atoms with E-state index in [1.54, 1.807) is 50.6 Å². The number of carbonyl (C=O) groups excluding carboxylic acids is 5. The Kier molecular flexibility index (Phi) is 9.14. The van der Waals surface area contributed by atoms with Crippen LogP contribution in [0.15, 0.2) is 22.9 Å². The fourth-order valence-corrected chi connectivity index (χ4v) is 6.32. The molecule has 13 heteroatoms. The van der Waals surface area contributed by atoms with Crippen LogP contribution in [-0.2, 0) is 19.1 Å². The van der Waals surface area contributed by atoms with Crippen molar-refractivity contribution in [3.8, 4) is 0 Å².